The summed E-state index contributed by atoms with van der Waals surface area (Å²) < 4.78 is 23.2. The molecule has 0 saturated carbocycles. The van der Waals surface area contributed by atoms with E-state index in [-0.39, 0.29) is 13.2 Å². The number of Topliss-reactive ketones (excluding diaryl/α,β-unsaturated/α-hetero) is 1. The molecule has 0 radical (unpaired) electrons. The molecule has 1 unspecified atom stereocenters. The van der Waals surface area contributed by atoms with E-state index in [9.17, 15) is 9.36 Å². The van der Waals surface area contributed by atoms with Crippen LogP contribution in [0.15, 0.2) is 0 Å². The number of carbonyl (C=O) groups is 1. The maximum atomic E-state index is 12.7. The van der Waals surface area contributed by atoms with Crippen LogP contribution in [-0.2, 0) is 18.4 Å². The summed E-state index contributed by atoms with van der Waals surface area (Å²) in [6, 6.07) is 0. The van der Waals surface area contributed by atoms with Crippen LogP contribution in [0.5, 0.6) is 0 Å². The van der Waals surface area contributed by atoms with Crippen molar-refractivity contribution in [3.8, 4) is 0 Å². The van der Waals surface area contributed by atoms with Gasteiger partial charge in [-0.2, -0.15) is 0 Å². The number of hydrogen-bond donors (Lipinski definition) is 2. The van der Waals surface area contributed by atoms with E-state index in [1.54, 1.807) is 0 Å². The molecule has 112 valence electrons. The first-order valence-corrected chi connectivity index (χ1v) is 8.23. The van der Waals surface area contributed by atoms with Gasteiger partial charge in [0.15, 0.2) is 11.4 Å². The van der Waals surface area contributed by atoms with Gasteiger partial charge in [0.2, 0.25) is 0 Å². The van der Waals surface area contributed by atoms with Gasteiger partial charge in [-0.3, -0.25) is 14.8 Å². The molecule has 0 amide bonds. The fourth-order valence-corrected chi connectivity index (χ4v) is 3.40. The second-order valence-corrected chi connectivity index (χ2v) is 6.49. The van der Waals surface area contributed by atoms with Crippen LogP contribution in [0.1, 0.15) is 46.5 Å². The number of amidine groups is 1. The van der Waals surface area contributed by atoms with Crippen molar-refractivity contribution in [2.75, 3.05) is 13.2 Å². The second-order valence-electron chi connectivity index (χ2n) is 4.38. The number of carbonyl (C=O) groups excluding carboxylic acids is 1. The highest BCUT2D eigenvalue weighted by Gasteiger charge is 2.41. The van der Waals surface area contributed by atoms with Crippen molar-refractivity contribution in [3.05, 3.63) is 0 Å². The van der Waals surface area contributed by atoms with Gasteiger partial charge in [0.1, 0.15) is 5.84 Å². The first-order valence-electron chi connectivity index (χ1n) is 6.62. The summed E-state index contributed by atoms with van der Waals surface area (Å²) in [5.74, 6) is -0.937. The SMILES string of the molecule is CCCCOP(=O)(OCCCC)C(C(=N)N)C(C)=O. The smallest absolute Gasteiger partial charge is 0.348 e. The van der Waals surface area contributed by atoms with Crippen molar-refractivity contribution in [1.82, 2.24) is 0 Å². The largest absolute Gasteiger partial charge is 0.387 e. The third-order valence-corrected chi connectivity index (χ3v) is 4.89. The summed E-state index contributed by atoms with van der Waals surface area (Å²) in [6.07, 6.45) is 3.17. The van der Waals surface area contributed by atoms with Crippen molar-refractivity contribution in [2.24, 2.45) is 5.73 Å². The third-order valence-electron chi connectivity index (χ3n) is 2.53. The molecule has 0 aliphatic rings. The van der Waals surface area contributed by atoms with Gasteiger partial charge in [-0.25, -0.2) is 0 Å². The Morgan fingerprint density at radius 3 is 1.89 bits per heavy atom. The van der Waals surface area contributed by atoms with E-state index >= 15 is 0 Å². The van der Waals surface area contributed by atoms with Gasteiger partial charge in [0, 0.05) is 0 Å². The van der Waals surface area contributed by atoms with Gasteiger partial charge in [-0.05, 0) is 19.8 Å². The van der Waals surface area contributed by atoms with E-state index < -0.39 is 24.9 Å². The molecule has 0 rings (SSSR count). The molecule has 0 saturated heterocycles. The van der Waals surface area contributed by atoms with E-state index in [2.05, 4.69) is 0 Å². The van der Waals surface area contributed by atoms with Crippen LogP contribution >= 0.6 is 7.60 Å². The zero-order chi connectivity index (χ0) is 14.9. The Morgan fingerprint density at radius 1 is 1.21 bits per heavy atom. The maximum Gasteiger partial charge on any atom is 0.348 e. The van der Waals surface area contributed by atoms with Crippen LogP contribution in [0.3, 0.4) is 0 Å². The van der Waals surface area contributed by atoms with E-state index in [4.69, 9.17) is 20.2 Å². The highest BCUT2D eigenvalue weighted by Crippen LogP contribution is 2.53. The zero-order valence-electron chi connectivity index (χ0n) is 12.0. The van der Waals surface area contributed by atoms with Crippen molar-refractivity contribution in [1.29, 1.82) is 5.41 Å². The molecular formula is C12H25N2O4P. The summed E-state index contributed by atoms with van der Waals surface area (Å²) >= 11 is 0. The van der Waals surface area contributed by atoms with E-state index in [1.165, 1.54) is 6.92 Å². The predicted octanol–water partition coefficient (Wildman–Crippen LogP) is 2.71. The zero-order valence-corrected chi connectivity index (χ0v) is 12.9. The topological polar surface area (TPSA) is 102 Å². The number of nitrogens with one attached hydrogen (secondary N) is 1. The summed E-state index contributed by atoms with van der Waals surface area (Å²) in [5.41, 5.74) is 4.07. The van der Waals surface area contributed by atoms with Gasteiger partial charge < -0.3 is 14.8 Å². The lowest BCUT2D eigenvalue weighted by Gasteiger charge is -2.24. The van der Waals surface area contributed by atoms with Crippen molar-refractivity contribution < 1.29 is 18.4 Å². The fraction of sp³-hybridized carbons (Fsp3) is 0.833. The summed E-state index contributed by atoms with van der Waals surface area (Å²) in [5, 5.41) is 7.42. The van der Waals surface area contributed by atoms with Gasteiger partial charge in [0.25, 0.3) is 0 Å². The maximum absolute atomic E-state index is 12.7. The highest BCUT2D eigenvalue weighted by atomic mass is 31.2. The molecule has 0 heterocycles. The molecule has 7 heteroatoms. The number of hydrogen-bond acceptors (Lipinski definition) is 5. The molecule has 0 aliphatic carbocycles. The number of rotatable bonds is 11. The van der Waals surface area contributed by atoms with Crippen LogP contribution in [0.2, 0.25) is 0 Å². The Kier molecular flexibility index (Phi) is 8.89. The molecule has 0 aliphatic heterocycles. The molecule has 0 aromatic carbocycles. The Labute approximate surface area is 115 Å². The first kappa shape index (κ1) is 18.3. The summed E-state index contributed by atoms with van der Waals surface area (Å²) in [6.45, 7) is 5.65. The second kappa shape index (κ2) is 9.23. The van der Waals surface area contributed by atoms with Crippen molar-refractivity contribution in [2.45, 2.75) is 52.1 Å². The van der Waals surface area contributed by atoms with Crippen LogP contribution in [-0.4, -0.2) is 30.5 Å². The molecule has 0 aromatic rings. The monoisotopic (exact) mass is 292 g/mol. The Hall–Kier alpha value is -0.710. The van der Waals surface area contributed by atoms with Gasteiger partial charge in [-0.15, -0.1) is 0 Å². The highest BCUT2D eigenvalue weighted by molar-refractivity contribution is 7.57. The lowest BCUT2D eigenvalue weighted by molar-refractivity contribution is -0.115. The molecular weight excluding hydrogens is 267 g/mol. The minimum absolute atomic E-state index is 0.233. The van der Waals surface area contributed by atoms with Gasteiger partial charge in [0.05, 0.1) is 13.2 Å². The van der Waals surface area contributed by atoms with Crippen LogP contribution < -0.4 is 5.73 Å². The van der Waals surface area contributed by atoms with Crippen LogP contribution in [0.4, 0.5) is 0 Å². The van der Waals surface area contributed by atoms with Crippen molar-refractivity contribution >= 4 is 19.2 Å². The Balaban J connectivity index is 4.93. The molecule has 6 nitrogen and oxygen atoms in total. The minimum atomic E-state index is -3.70. The molecule has 0 bridgehead atoms. The third kappa shape index (κ3) is 6.32. The van der Waals surface area contributed by atoms with Gasteiger partial charge in [-0.1, -0.05) is 26.7 Å². The molecule has 3 N–H and O–H groups in total. The van der Waals surface area contributed by atoms with E-state index in [0.29, 0.717) is 12.8 Å². The molecule has 1 atom stereocenters. The number of nitrogens with two attached hydrogens (primary N) is 1. The molecule has 0 spiro atoms. The average Bonchev–Trinajstić information content (AvgIpc) is 2.28. The van der Waals surface area contributed by atoms with Crippen LogP contribution in [0.25, 0.3) is 0 Å². The lowest BCUT2D eigenvalue weighted by Crippen LogP contribution is -2.35. The minimum Gasteiger partial charge on any atom is -0.387 e. The number of unbranched alkanes of at least 4 members (excludes halogenated alkanes) is 2. The standard InChI is InChI=1S/C12H25N2O4P/c1-4-6-8-17-19(16,18-9-7-5-2)11(10(3)15)12(13)14/h11H,4-9H2,1-3H3,(H3,13,14). The molecule has 0 aromatic heterocycles. The Bertz CT molecular complexity index is 319. The quantitative estimate of drug-likeness (QED) is 0.264. The van der Waals surface area contributed by atoms with Crippen molar-refractivity contribution in [3.63, 3.8) is 0 Å². The summed E-state index contributed by atoms with van der Waals surface area (Å²) in [4.78, 5) is 11.5. The average molecular weight is 292 g/mol. The van der Waals surface area contributed by atoms with E-state index in [1.807, 2.05) is 13.8 Å². The van der Waals surface area contributed by atoms with E-state index in [0.717, 1.165) is 12.8 Å². The first-order chi connectivity index (χ1) is 8.89. The predicted molar refractivity (Wildman–Crippen MR) is 75.7 cm³/mol. The normalized spacial score (nSPS) is 13.2. The fourth-order valence-electron chi connectivity index (χ4n) is 1.47. The van der Waals surface area contributed by atoms with Crippen LogP contribution in [0, 0.1) is 5.41 Å². The molecule has 19 heavy (non-hydrogen) atoms. The summed E-state index contributed by atoms with van der Waals surface area (Å²) in [7, 11) is -3.70. The Morgan fingerprint density at radius 2 is 1.63 bits per heavy atom. The van der Waals surface area contributed by atoms with Gasteiger partial charge >= 0.3 is 7.60 Å². The number of ketones is 1. The molecule has 0 fully saturated rings. The lowest BCUT2D eigenvalue weighted by atomic mass is 10.3.